The van der Waals surface area contributed by atoms with E-state index < -0.39 is 0 Å². The predicted molar refractivity (Wildman–Crippen MR) is 78.5 cm³/mol. The predicted octanol–water partition coefficient (Wildman–Crippen LogP) is 3.71. The lowest BCUT2D eigenvalue weighted by Crippen LogP contribution is -2.14. The number of benzene rings is 1. The molecule has 1 aromatic carbocycles. The molecule has 0 aliphatic rings. The molecule has 0 bridgehead atoms. The maximum absolute atomic E-state index is 5.68. The van der Waals surface area contributed by atoms with Crippen LogP contribution in [-0.4, -0.2) is 13.7 Å². The molecule has 2 atom stereocenters. The van der Waals surface area contributed by atoms with Gasteiger partial charge in [-0.3, -0.25) is 0 Å². The largest absolute Gasteiger partial charge is 0.496 e. The molecule has 0 spiro atoms. The van der Waals surface area contributed by atoms with Crippen molar-refractivity contribution in [2.45, 2.75) is 47.0 Å². The molecule has 1 aromatic rings. The van der Waals surface area contributed by atoms with Crippen molar-refractivity contribution in [1.82, 2.24) is 0 Å². The van der Waals surface area contributed by atoms with E-state index in [1.54, 1.807) is 7.11 Å². The normalized spacial score (nSPS) is 14.4. The first-order valence-corrected chi connectivity index (χ1v) is 6.78. The minimum absolute atomic E-state index is 0.540. The standard InChI is InChI=1S/C16H27NO/c1-10(7-8-17)12(3)16-11(2)9-15(18-6)13(4)14(16)5/h9-10,12H,7-8,17H2,1-6H3. The second-order valence-corrected chi connectivity index (χ2v) is 5.40. The minimum atomic E-state index is 0.540. The molecule has 0 heterocycles. The number of ether oxygens (including phenoxy) is 1. The van der Waals surface area contributed by atoms with E-state index in [4.69, 9.17) is 10.5 Å². The van der Waals surface area contributed by atoms with Gasteiger partial charge in [-0.1, -0.05) is 13.8 Å². The van der Waals surface area contributed by atoms with Gasteiger partial charge in [-0.15, -0.1) is 0 Å². The van der Waals surface area contributed by atoms with Gasteiger partial charge < -0.3 is 10.5 Å². The first kappa shape index (κ1) is 15.0. The van der Waals surface area contributed by atoms with Crippen LogP contribution in [0.5, 0.6) is 5.75 Å². The summed E-state index contributed by atoms with van der Waals surface area (Å²) in [5, 5.41) is 0. The first-order valence-electron chi connectivity index (χ1n) is 6.78. The smallest absolute Gasteiger partial charge is 0.122 e. The molecule has 2 nitrogen and oxygen atoms in total. The minimum Gasteiger partial charge on any atom is -0.496 e. The van der Waals surface area contributed by atoms with E-state index in [2.05, 4.69) is 40.7 Å². The van der Waals surface area contributed by atoms with Gasteiger partial charge in [0.1, 0.15) is 5.75 Å². The second-order valence-electron chi connectivity index (χ2n) is 5.40. The fraction of sp³-hybridized carbons (Fsp3) is 0.625. The van der Waals surface area contributed by atoms with Crippen LogP contribution in [0.1, 0.15) is 48.4 Å². The molecular formula is C16H27NO. The quantitative estimate of drug-likeness (QED) is 0.863. The summed E-state index contributed by atoms with van der Waals surface area (Å²) in [4.78, 5) is 0. The molecule has 0 aliphatic carbocycles. The van der Waals surface area contributed by atoms with E-state index in [1.807, 2.05) is 0 Å². The van der Waals surface area contributed by atoms with Crippen molar-refractivity contribution >= 4 is 0 Å². The van der Waals surface area contributed by atoms with Crippen LogP contribution >= 0.6 is 0 Å². The van der Waals surface area contributed by atoms with E-state index >= 15 is 0 Å². The molecule has 0 fully saturated rings. The van der Waals surface area contributed by atoms with E-state index in [0.29, 0.717) is 11.8 Å². The Labute approximate surface area is 112 Å². The van der Waals surface area contributed by atoms with Crippen LogP contribution in [0.15, 0.2) is 6.07 Å². The molecule has 18 heavy (non-hydrogen) atoms. The molecule has 2 heteroatoms. The van der Waals surface area contributed by atoms with E-state index in [9.17, 15) is 0 Å². The number of rotatable bonds is 5. The van der Waals surface area contributed by atoms with Crippen LogP contribution in [0.4, 0.5) is 0 Å². The van der Waals surface area contributed by atoms with Crippen molar-refractivity contribution in [1.29, 1.82) is 0 Å². The maximum Gasteiger partial charge on any atom is 0.122 e. The van der Waals surface area contributed by atoms with Crippen molar-refractivity contribution in [2.75, 3.05) is 13.7 Å². The molecule has 0 aromatic heterocycles. The number of aryl methyl sites for hydroxylation is 1. The van der Waals surface area contributed by atoms with Gasteiger partial charge in [-0.05, 0) is 73.9 Å². The van der Waals surface area contributed by atoms with Gasteiger partial charge in [0.2, 0.25) is 0 Å². The van der Waals surface area contributed by atoms with Crippen LogP contribution in [0.3, 0.4) is 0 Å². The van der Waals surface area contributed by atoms with Crippen LogP contribution in [0, 0.1) is 26.7 Å². The Morgan fingerprint density at radius 3 is 2.28 bits per heavy atom. The highest BCUT2D eigenvalue weighted by Gasteiger charge is 2.20. The molecule has 0 saturated carbocycles. The lowest BCUT2D eigenvalue weighted by molar-refractivity contribution is 0.409. The second kappa shape index (κ2) is 6.24. The van der Waals surface area contributed by atoms with Gasteiger partial charge in [0.25, 0.3) is 0 Å². The third-order valence-electron chi connectivity index (χ3n) is 4.26. The van der Waals surface area contributed by atoms with Gasteiger partial charge >= 0.3 is 0 Å². The highest BCUT2D eigenvalue weighted by Crippen LogP contribution is 2.36. The van der Waals surface area contributed by atoms with E-state index in [1.165, 1.54) is 22.3 Å². The maximum atomic E-state index is 5.68. The van der Waals surface area contributed by atoms with Crippen LogP contribution in [0.25, 0.3) is 0 Å². The van der Waals surface area contributed by atoms with Gasteiger partial charge in [0.05, 0.1) is 7.11 Å². The summed E-state index contributed by atoms with van der Waals surface area (Å²) in [5.41, 5.74) is 11.1. The lowest BCUT2D eigenvalue weighted by atomic mass is 9.81. The molecule has 102 valence electrons. The Bertz CT molecular complexity index is 412. The summed E-state index contributed by atoms with van der Waals surface area (Å²) >= 11 is 0. The highest BCUT2D eigenvalue weighted by molar-refractivity contribution is 5.49. The zero-order valence-corrected chi connectivity index (χ0v) is 12.6. The number of methoxy groups -OCH3 is 1. The fourth-order valence-electron chi connectivity index (χ4n) is 2.78. The van der Waals surface area contributed by atoms with Crippen LogP contribution in [-0.2, 0) is 0 Å². The summed E-state index contributed by atoms with van der Waals surface area (Å²) < 4.78 is 5.43. The molecule has 0 aliphatic heterocycles. The number of nitrogens with two attached hydrogens (primary N) is 1. The Balaban J connectivity index is 3.20. The van der Waals surface area contributed by atoms with Crippen molar-refractivity contribution < 1.29 is 4.74 Å². The average Bonchev–Trinajstić information content (AvgIpc) is 2.34. The van der Waals surface area contributed by atoms with Gasteiger partial charge in [-0.25, -0.2) is 0 Å². The Kier molecular flexibility index (Phi) is 5.21. The molecular weight excluding hydrogens is 222 g/mol. The lowest BCUT2D eigenvalue weighted by Gasteiger charge is -2.25. The Morgan fingerprint density at radius 2 is 1.78 bits per heavy atom. The van der Waals surface area contributed by atoms with Crippen LogP contribution < -0.4 is 10.5 Å². The van der Waals surface area contributed by atoms with Crippen molar-refractivity contribution in [3.05, 3.63) is 28.3 Å². The van der Waals surface area contributed by atoms with E-state index in [0.717, 1.165) is 18.7 Å². The van der Waals surface area contributed by atoms with E-state index in [-0.39, 0.29) is 0 Å². The topological polar surface area (TPSA) is 35.2 Å². The Hall–Kier alpha value is -1.02. The summed E-state index contributed by atoms with van der Waals surface area (Å²) in [6.45, 7) is 11.9. The summed E-state index contributed by atoms with van der Waals surface area (Å²) in [5.74, 6) is 2.14. The highest BCUT2D eigenvalue weighted by atomic mass is 16.5. The fourth-order valence-corrected chi connectivity index (χ4v) is 2.78. The zero-order valence-electron chi connectivity index (χ0n) is 12.6. The molecule has 1 rings (SSSR count). The summed E-state index contributed by atoms with van der Waals surface area (Å²) in [7, 11) is 1.74. The summed E-state index contributed by atoms with van der Waals surface area (Å²) in [6.07, 6.45) is 1.07. The monoisotopic (exact) mass is 249 g/mol. The van der Waals surface area contributed by atoms with Gasteiger partial charge in [-0.2, -0.15) is 0 Å². The molecule has 0 radical (unpaired) electrons. The number of hydrogen-bond acceptors (Lipinski definition) is 2. The third kappa shape index (κ3) is 2.86. The molecule has 0 saturated heterocycles. The molecule has 2 unspecified atom stereocenters. The van der Waals surface area contributed by atoms with Crippen LogP contribution in [0.2, 0.25) is 0 Å². The van der Waals surface area contributed by atoms with Crippen molar-refractivity contribution in [3.8, 4) is 5.75 Å². The van der Waals surface area contributed by atoms with Gasteiger partial charge in [0, 0.05) is 0 Å². The SMILES string of the molecule is COc1cc(C)c(C(C)C(C)CCN)c(C)c1C. The van der Waals surface area contributed by atoms with Crippen molar-refractivity contribution in [2.24, 2.45) is 11.7 Å². The van der Waals surface area contributed by atoms with Crippen molar-refractivity contribution in [3.63, 3.8) is 0 Å². The van der Waals surface area contributed by atoms with Gasteiger partial charge in [0.15, 0.2) is 0 Å². The first-order chi connectivity index (χ1) is 8.43. The third-order valence-corrected chi connectivity index (χ3v) is 4.26. The Morgan fingerprint density at radius 1 is 1.17 bits per heavy atom. The number of hydrogen-bond donors (Lipinski definition) is 1. The summed E-state index contributed by atoms with van der Waals surface area (Å²) in [6, 6.07) is 2.16. The zero-order chi connectivity index (χ0) is 13.9. The molecule has 0 amide bonds. The molecule has 2 N–H and O–H groups in total. The average molecular weight is 249 g/mol.